The lowest BCUT2D eigenvalue weighted by Crippen LogP contribution is -2.43. The summed E-state index contributed by atoms with van der Waals surface area (Å²) in [6.45, 7) is 0.510. The molecule has 0 saturated carbocycles. The molecule has 1 heterocycles. The summed E-state index contributed by atoms with van der Waals surface area (Å²) in [6, 6.07) is 25.4. The first-order valence-electron chi connectivity index (χ1n) is 11.9. The minimum Gasteiger partial charge on any atom is -0.467 e. The number of rotatable bonds is 9. The SMILES string of the molecule is COC(=O)[C@@H]1C[C@H](SCCCc2ccc(F)cc2)CN1C(=O)C(c1ccccc1)c1ccccc1. The second-order valence-electron chi connectivity index (χ2n) is 8.74. The normalized spacial score (nSPS) is 17.5. The van der Waals surface area contributed by atoms with Crippen molar-refractivity contribution < 1.29 is 18.7 Å². The van der Waals surface area contributed by atoms with Crippen LogP contribution >= 0.6 is 11.8 Å². The van der Waals surface area contributed by atoms with Gasteiger partial charge in [0, 0.05) is 11.8 Å². The van der Waals surface area contributed by atoms with E-state index in [1.807, 2.05) is 72.8 Å². The maximum Gasteiger partial charge on any atom is 0.328 e. The summed E-state index contributed by atoms with van der Waals surface area (Å²) in [6.07, 6.45) is 2.39. The zero-order valence-corrected chi connectivity index (χ0v) is 20.6. The number of thioether (sulfide) groups is 1. The summed E-state index contributed by atoms with van der Waals surface area (Å²) >= 11 is 1.79. The smallest absolute Gasteiger partial charge is 0.328 e. The number of aryl methyl sites for hydroxylation is 1. The van der Waals surface area contributed by atoms with Gasteiger partial charge in [0.1, 0.15) is 11.9 Å². The van der Waals surface area contributed by atoms with E-state index < -0.39 is 12.0 Å². The fourth-order valence-electron chi connectivity index (χ4n) is 4.63. The molecule has 0 radical (unpaired) electrons. The number of benzene rings is 3. The van der Waals surface area contributed by atoms with E-state index in [2.05, 4.69) is 0 Å². The van der Waals surface area contributed by atoms with Gasteiger partial charge in [-0.25, -0.2) is 9.18 Å². The number of halogens is 1. The molecular formula is C29H30FNO3S. The van der Waals surface area contributed by atoms with Gasteiger partial charge >= 0.3 is 5.97 Å². The second-order valence-corrected chi connectivity index (χ2v) is 10.2. The van der Waals surface area contributed by atoms with Crippen LogP contribution in [0.1, 0.15) is 35.4 Å². The van der Waals surface area contributed by atoms with Crippen molar-refractivity contribution >= 4 is 23.6 Å². The number of hydrogen-bond acceptors (Lipinski definition) is 4. The largest absolute Gasteiger partial charge is 0.467 e. The molecule has 182 valence electrons. The Bertz CT molecular complexity index is 1070. The Balaban J connectivity index is 1.46. The van der Waals surface area contributed by atoms with Gasteiger partial charge in [0.25, 0.3) is 0 Å². The molecule has 6 heteroatoms. The molecule has 4 nitrogen and oxygen atoms in total. The number of carbonyl (C=O) groups is 2. The van der Waals surface area contributed by atoms with Crippen molar-refractivity contribution in [2.75, 3.05) is 19.4 Å². The summed E-state index contributed by atoms with van der Waals surface area (Å²) in [5.41, 5.74) is 2.92. The first kappa shape index (κ1) is 25.0. The maximum atomic E-state index is 13.9. The fourth-order valence-corrected chi connectivity index (χ4v) is 5.86. The van der Waals surface area contributed by atoms with E-state index in [9.17, 15) is 14.0 Å². The van der Waals surface area contributed by atoms with Gasteiger partial charge in [-0.15, -0.1) is 0 Å². The topological polar surface area (TPSA) is 46.6 Å². The average molecular weight is 492 g/mol. The van der Waals surface area contributed by atoms with Crippen molar-refractivity contribution in [3.8, 4) is 0 Å². The van der Waals surface area contributed by atoms with Crippen LogP contribution in [0, 0.1) is 5.82 Å². The van der Waals surface area contributed by atoms with E-state index in [0.29, 0.717) is 13.0 Å². The molecule has 1 amide bonds. The molecule has 0 bridgehead atoms. The Morgan fingerprint density at radius 1 is 0.971 bits per heavy atom. The molecule has 3 aromatic rings. The Hall–Kier alpha value is -3.12. The van der Waals surface area contributed by atoms with E-state index in [0.717, 1.165) is 35.3 Å². The fraction of sp³-hybridized carbons (Fsp3) is 0.310. The van der Waals surface area contributed by atoms with Crippen molar-refractivity contribution in [2.24, 2.45) is 0 Å². The molecule has 4 rings (SSSR count). The van der Waals surface area contributed by atoms with Gasteiger partial charge in [-0.3, -0.25) is 4.79 Å². The van der Waals surface area contributed by atoms with E-state index in [1.54, 1.807) is 16.7 Å². The molecule has 1 aliphatic heterocycles. The minimum atomic E-state index is -0.586. The lowest BCUT2D eigenvalue weighted by Gasteiger charge is -2.28. The van der Waals surface area contributed by atoms with Crippen LogP contribution in [0.25, 0.3) is 0 Å². The number of esters is 1. The molecule has 0 spiro atoms. The Morgan fingerprint density at radius 2 is 1.57 bits per heavy atom. The van der Waals surface area contributed by atoms with Gasteiger partial charge < -0.3 is 9.64 Å². The zero-order chi connectivity index (χ0) is 24.6. The first-order valence-corrected chi connectivity index (χ1v) is 13.0. The van der Waals surface area contributed by atoms with Gasteiger partial charge in [0.2, 0.25) is 5.91 Å². The molecule has 2 atom stereocenters. The van der Waals surface area contributed by atoms with Crippen LogP contribution in [0.3, 0.4) is 0 Å². The van der Waals surface area contributed by atoms with Crippen molar-refractivity contribution in [3.63, 3.8) is 0 Å². The second kappa shape index (κ2) is 12.0. The number of likely N-dealkylation sites (tertiary alicyclic amines) is 1. The van der Waals surface area contributed by atoms with Crippen molar-refractivity contribution in [1.82, 2.24) is 4.90 Å². The Morgan fingerprint density at radius 3 is 2.14 bits per heavy atom. The molecule has 0 aromatic heterocycles. The first-order chi connectivity index (χ1) is 17.1. The molecule has 0 aliphatic carbocycles. The third-order valence-corrected chi connectivity index (χ3v) is 7.75. The number of methoxy groups -OCH3 is 1. The minimum absolute atomic E-state index is 0.0767. The van der Waals surface area contributed by atoms with Crippen molar-refractivity contribution in [1.29, 1.82) is 0 Å². The summed E-state index contributed by atoms with van der Waals surface area (Å²) in [7, 11) is 1.38. The molecule has 35 heavy (non-hydrogen) atoms. The van der Waals surface area contributed by atoms with Crippen LogP contribution in [-0.4, -0.2) is 47.5 Å². The zero-order valence-electron chi connectivity index (χ0n) is 19.8. The third kappa shape index (κ3) is 6.31. The predicted molar refractivity (Wildman–Crippen MR) is 138 cm³/mol. The summed E-state index contributed by atoms with van der Waals surface area (Å²) in [5, 5.41) is 0.156. The number of hydrogen-bond donors (Lipinski definition) is 0. The van der Waals surface area contributed by atoms with E-state index in [4.69, 9.17) is 4.74 Å². The highest BCUT2D eigenvalue weighted by molar-refractivity contribution is 7.99. The average Bonchev–Trinajstić information content (AvgIpc) is 3.33. The summed E-state index contributed by atoms with van der Waals surface area (Å²) in [5.74, 6) is -0.248. The van der Waals surface area contributed by atoms with Gasteiger partial charge in [-0.2, -0.15) is 11.8 Å². The quantitative estimate of drug-likeness (QED) is 0.294. The van der Waals surface area contributed by atoms with Gasteiger partial charge in [0.05, 0.1) is 13.0 Å². The number of carbonyl (C=O) groups excluding carboxylic acids is 2. The highest BCUT2D eigenvalue weighted by Gasteiger charge is 2.43. The molecule has 1 aliphatic rings. The molecule has 1 saturated heterocycles. The number of ether oxygens (including phenoxy) is 1. The highest BCUT2D eigenvalue weighted by atomic mass is 32.2. The lowest BCUT2D eigenvalue weighted by atomic mass is 9.90. The van der Waals surface area contributed by atoms with E-state index in [1.165, 1.54) is 19.2 Å². The van der Waals surface area contributed by atoms with Crippen LogP contribution in [0.2, 0.25) is 0 Å². The maximum absolute atomic E-state index is 13.9. The number of nitrogens with zero attached hydrogens (tertiary/aromatic N) is 1. The Kier molecular flexibility index (Phi) is 8.59. The predicted octanol–water partition coefficient (Wildman–Crippen LogP) is 5.47. The van der Waals surface area contributed by atoms with Crippen LogP contribution in [-0.2, 0) is 20.7 Å². The standard InChI is InChI=1S/C29H30FNO3S/c1-34-29(33)26-19-25(35-18-8-9-21-14-16-24(30)17-15-21)20-31(26)28(32)27(22-10-4-2-5-11-22)23-12-6-3-7-13-23/h2-7,10-17,25-27H,8-9,18-20H2,1H3/t25-,26-/m0/s1. The van der Waals surface area contributed by atoms with Crippen molar-refractivity contribution in [2.45, 2.75) is 36.5 Å². The Labute approximate surface area is 210 Å². The summed E-state index contributed by atoms with van der Waals surface area (Å²) < 4.78 is 18.2. The summed E-state index contributed by atoms with van der Waals surface area (Å²) in [4.78, 5) is 28.3. The highest BCUT2D eigenvalue weighted by Crippen LogP contribution is 2.34. The van der Waals surface area contributed by atoms with E-state index >= 15 is 0 Å². The number of amides is 1. The molecule has 3 aromatic carbocycles. The van der Waals surface area contributed by atoms with E-state index in [-0.39, 0.29) is 22.9 Å². The van der Waals surface area contributed by atoms with Crippen molar-refractivity contribution in [3.05, 3.63) is 107 Å². The van der Waals surface area contributed by atoms with Crippen LogP contribution in [0.15, 0.2) is 84.9 Å². The van der Waals surface area contributed by atoms with Crippen LogP contribution < -0.4 is 0 Å². The van der Waals surface area contributed by atoms with Gasteiger partial charge in [0.15, 0.2) is 0 Å². The third-order valence-electron chi connectivity index (χ3n) is 6.41. The van der Waals surface area contributed by atoms with Crippen LogP contribution in [0.5, 0.6) is 0 Å². The monoisotopic (exact) mass is 491 g/mol. The van der Waals surface area contributed by atoms with Gasteiger partial charge in [-0.05, 0) is 53.8 Å². The molecular weight excluding hydrogens is 461 g/mol. The molecule has 1 fully saturated rings. The molecule has 0 unspecified atom stereocenters. The molecule has 0 N–H and O–H groups in total. The van der Waals surface area contributed by atoms with Gasteiger partial charge in [-0.1, -0.05) is 72.8 Å². The lowest BCUT2D eigenvalue weighted by molar-refractivity contribution is -0.151. The van der Waals surface area contributed by atoms with Crippen LogP contribution in [0.4, 0.5) is 4.39 Å².